The van der Waals surface area contributed by atoms with Crippen molar-refractivity contribution < 1.29 is 14.3 Å². The lowest BCUT2D eigenvalue weighted by molar-refractivity contribution is -0.114. The van der Waals surface area contributed by atoms with E-state index in [1.165, 1.54) is 4.90 Å². The molecular weight excluding hydrogens is 238 g/mol. The Labute approximate surface area is 104 Å². The average Bonchev–Trinajstić information content (AvgIpc) is 2.59. The van der Waals surface area contributed by atoms with Crippen molar-refractivity contribution in [1.29, 1.82) is 0 Å². The number of rotatable bonds is 4. The second-order valence-electron chi connectivity index (χ2n) is 3.66. The van der Waals surface area contributed by atoms with Gasteiger partial charge in [0.05, 0.1) is 18.4 Å². The minimum Gasteiger partial charge on any atom is -0.497 e. The predicted octanol–water partition coefficient (Wildman–Crippen LogP) is 1.59. The Hall–Kier alpha value is -1.49. The lowest BCUT2D eigenvalue weighted by atomic mass is 10.1. The maximum absolute atomic E-state index is 11.8. The van der Waals surface area contributed by atoms with E-state index in [9.17, 15) is 9.59 Å². The van der Waals surface area contributed by atoms with Crippen LogP contribution in [0.25, 0.3) is 0 Å². The van der Waals surface area contributed by atoms with Crippen molar-refractivity contribution in [3.05, 3.63) is 23.8 Å². The summed E-state index contributed by atoms with van der Waals surface area (Å²) in [6, 6.07) is 5.08. The van der Waals surface area contributed by atoms with E-state index in [1.807, 2.05) is 6.26 Å². The SMILES string of the molecule is COc1ccc2c(c1)N(CCSC)C(=O)C2=O. The van der Waals surface area contributed by atoms with Gasteiger partial charge in [-0.2, -0.15) is 11.8 Å². The normalized spacial score (nSPS) is 14.1. The average molecular weight is 251 g/mol. The zero-order valence-electron chi connectivity index (χ0n) is 9.73. The van der Waals surface area contributed by atoms with Gasteiger partial charge >= 0.3 is 0 Å². The van der Waals surface area contributed by atoms with Crippen molar-refractivity contribution in [1.82, 2.24) is 0 Å². The van der Waals surface area contributed by atoms with Crippen LogP contribution in [0.15, 0.2) is 18.2 Å². The highest BCUT2D eigenvalue weighted by Gasteiger charge is 2.35. The van der Waals surface area contributed by atoms with Gasteiger partial charge in [-0.3, -0.25) is 9.59 Å². The van der Waals surface area contributed by atoms with E-state index in [1.54, 1.807) is 37.1 Å². The van der Waals surface area contributed by atoms with Crippen molar-refractivity contribution in [2.75, 3.05) is 30.6 Å². The number of Topliss-reactive ketones (excluding diaryl/α,β-unsaturated/α-hetero) is 1. The van der Waals surface area contributed by atoms with Crippen LogP contribution < -0.4 is 9.64 Å². The monoisotopic (exact) mass is 251 g/mol. The molecule has 2 rings (SSSR count). The third-order valence-electron chi connectivity index (χ3n) is 2.70. The fourth-order valence-electron chi connectivity index (χ4n) is 1.81. The number of carbonyl (C=O) groups is 2. The van der Waals surface area contributed by atoms with Crippen molar-refractivity contribution in [2.45, 2.75) is 0 Å². The molecule has 0 unspecified atom stereocenters. The van der Waals surface area contributed by atoms with Crippen molar-refractivity contribution >= 4 is 29.1 Å². The second-order valence-corrected chi connectivity index (χ2v) is 4.65. The summed E-state index contributed by atoms with van der Waals surface area (Å²) in [5.41, 5.74) is 1.13. The van der Waals surface area contributed by atoms with Crippen LogP contribution in [0.4, 0.5) is 5.69 Å². The lowest BCUT2D eigenvalue weighted by Gasteiger charge is -2.16. The van der Waals surface area contributed by atoms with Gasteiger partial charge in [0.1, 0.15) is 5.75 Å². The number of anilines is 1. The Morgan fingerprint density at radius 1 is 1.35 bits per heavy atom. The van der Waals surface area contributed by atoms with E-state index in [4.69, 9.17) is 4.74 Å². The van der Waals surface area contributed by atoms with E-state index >= 15 is 0 Å². The van der Waals surface area contributed by atoms with E-state index in [0.29, 0.717) is 23.5 Å². The zero-order chi connectivity index (χ0) is 12.4. The van der Waals surface area contributed by atoms with Crippen molar-refractivity contribution in [3.8, 4) is 5.75 Å². The van der Waals surface area contributed by atoms with Gasteiger partial charge < -0.3 is 9.64 Å². The smallest absolute Gasteiger partial charge is 0.299 e. The fraction of sp³-hybridized carbons (Fsp3) is 0.333. The third-order valence-corrected chi connectivity index (χ3v) is 3.29. The molecule has 0 aliphatic carbocycles. The summed E-state index contributed by atoms with van der Waals surface area (Å²) >= 11 is 1.64. The van der Waals surface area contributed by atoms with E-state index < -0.39 is 11.7 Å². The zero-order valence-corrected chi connectivity index (χ0v) is 10.5. The summed E-state index contributed by atoms with van der Waals surface area (Å²) in [6.07, 6.45) is 1.97. The van der Waals surface area contributed by atoms with Gasteiger partial charge in [0.2, 0.25) is 0 Å². The maximum atomic E-state index is 11.8. The molecule has 0 atom stereocenters. The van der Waals surface area contributed by atoms with Crippen molar-refractivity contribution in [3.63, 3.8) is 0 Å². The highest BCUT2D eigenvalue weighted by molar-refractivity contribution is 7.98. The van der Waals surface area contributed by atoms with Gasteiger partial charge in [0, 0.05) is 18.4 Å². The number of hydrogen-bond donors (Lipinski definition) is 0. The molecule has 1 aliphatic rings. The van der Waals surface area contributed by atoms with Gasteiger partial charge in [0.25, 0.3) is 11.7 Å². The molecule has 1 aromatic carbocycles. The molecule has 0 N–H and O–H groups in total. The molecule has 17 heavy (non-hydrogen) atoms. The van der Waals surface area contributed by atoms with Crippen LogP contribution in [0, 0.1) is 0 Å². The molecule has 0 fully saturated rings. The molecule has 1 aliphatic heterocycles. The standard InChI is InChI=1S/C12H13NO3S/c1-16-8-3-4-9-10(7-8)13(5-6-17-2)12(15)11(9)14/h3-4,7H,5-6H2,1-2H3. The summed E-state index contributed by atoms with van der Waals surface area (Å²) in [5.74, 6) is 0.585. The second kappa shape index (κ2) is 4.79. The summed E-state index contributed by atoms with van der Waals surface area (Å²) in [5, 5.41) is 0. The third kappa shape index (κ3) is 2.02. The van der Waals surface area contributed by atoms with E-state index in [-0.39, 0.29) is 0 Å². The Morgan fingerprint density at radius 2 is 2.12 bits per heavy atom. The lowest BCUT2D eigenvalue weighted by Crippen LogP contribution is -2.31. The Bertz CT molecular complexity index is 473. The number of ether oxygens (including phenoxy) is 1. The molecule has 4 nitrogen and oxygen atoms in total. The van der Waals surface area contributed by atoms with Crippen LogP contribution in [0.3, 0.4) is 0 Å². The molecule has 0 aromatic heterocycles. The number of fused-ring (bicyclic) bond motifs is 1. The van der Waals surface area contributed by atoms with E-state index in [2.05, 4.69) is 0 Å². The summed E-state index contributed by atoms with van der Waals surface area (Å²) in [6.45, 7) is 0.548. The largest absolute Gasteiger partial charge is 0.497 e. The van der Waals surface area contributed by atoms with E-state index in [0.717, 1.165) is 5.75 Å². The highest BCUT2D eigenvalue weighted by Crippen LogP contribution is 2.32. The number of methoxy groups -OCH3 is 1. The van der Waals surface area contributed by atoms with Gasteiger partial charge in [-0.15, -0.1) is 0 Å². The Kier molecular flexibility index (Phi) is 3.38. The molecule has 0 saturated carbocycles. The number of hydrogen-bond acceptors (Lipinski definition) is 4. The molecule has 5 heteroatoms. The number of benzene rings is 1. The molecule has 0 bridgehead atoms. The van der Waals surface area contributed by atoms with Crippen LogP contribution >= 0.6 is 11.8 Å². The topological polar surface area (TPSA) is 46.6 Å². The summed E-state index contributed by atoms with van der Waals surface area (Å²) in [4.78, 5) is 25.0. The van der Waals surface area contributed by atoms with Gasteiger partial charge in [-0.25, -0.2) is 0 Å². The summed E-state index contributed by atoms with van der Waals surface area (Å²) < 4.78 is 5.11. The molecule has 90 valence electrons. The number of nitrogens with zero attached hydrogens (tertiary/aromatic N) is 1. The summed E-state index contributed by atoms with van der Waals surface area (Å²) in [7, 11) is 1.56. The Balaban J connectivity index is 2.38. The van der Waals surface area contributed by atoms with Gasteiger partial charge in [0.15, 0.2) is 0 Å². The van der Waals surface area contributed by atoms with Gasteiger partial charge in [-0.1, -0.05) is 0 Å². The number of thioether (sulfide) groups is 1. The molecule has 1 heterocycles. The number of carbonyl (C=O) groups excluding carboxylic acids is 2. The highest BCUT2D eigenvalue weighted by atomic mass is 32.2. The molecule has 0 saturated heterocycles. The molecule has 0 spiro atoms. The fourth-order valence-corrected chi connectivity index (χ4v) is 2.17. The minimum atomic E-state index is -0.442. The maximum Gasteiger partial charge on any atom is 0.299 e. The first-order valence-corrected chi connectivity index (χ1v) is 6.61. The van der Waals surface area contributed by atoms with Gasteiger partial charge in [-0.05, 0) is 18.4 Å². The van der Waals surface area contributed by atoms with Crippen LogP contribution in [0.2, 0.25) is 0 Å². The first kappa shape index (κ1) is 12.0. The van der Waals surface area contributed by atoms with Crippen molar-refractivity contribution in [2.24, 2.45) is 0 Å². The minimum absolute atomic E-state index is 0.427. The number of amides is 1. The van der Waals surface area contributed by atoms with Crippen LogP contribution in [0.1, 0.15) is 10.4 Å². The quantitative estimate of drug-likeness (QED) is 0.762. The molecule has 1 aromatic rings. The molecule has 1 amide bonds. The predicted molar refractivity (Wildman–Crippen MR) is 68.1 cm³/mol. The molecular formula is C12H13NO3S. The van der Waals surface area contributed by atoms with Crippen LogP contribution in [-0.4, -0.2) is 37.4 Å². The first-order chi connectivity index (χ1) is 8.19. The van der Waals surface area contributed by atoms with Crippen LogP contribution in [0.5, 0.6) is 5.75 Å². The van der Waals surface area contributed by atoms with Crippen LogP contribution in [-0.2, 0) is 4.79 Å². The Morgan fingerprint density at radius 3 is 2.76 bits per heavy atom. The first-order valence-electron chi connectivity index (χ1n) is 5.22. The number of ketones is 1. The molecule has 0 radical (unpaired) electrons.